The van der Waals surface area contributed by atoms with Crippen molar-refractivity contribution in [2.24, 2.45) is 0 Å². The molecule has 0 saturated heterocycles. The summed E-state index contributed by atoms with van der Waals surface area (Å²) < 4.78 is 1.86. The normalized spacial score (nSPS) is 14.8. The number of benzene rings is 2. The Morgan fingerprint density at radius 1 is 1.06 bits per heavy atom. The number of carbonyl (C=O) groups is 3. The number of aliphatic hydroxyl groups is 1. The number of para-hydroxylation sites is 1. The Morgan fingerprint density at radius 3 is 2.50 bits per heavy atom. The Balaban J connectivity index is 1.72. The molecular weight excluding hydrogens is 458 g/mol. The predicted molar refractivity (Wildman–Crippen MR) is 139 cm³/mol. The highest BCUT2D eigenvalue weighted by atomic mass is 16.3. The molecule has 184 valence electrons. The number of hydrogen-bond donors (Lipinski definition) is 4. The van der Waals surface area contributed by atoms with E-state index in [0.29, 0.717) is 28.9 Å². The van der Waals surface area contributed by atoms with Gasteiger partial charge in [-0.1, -0.05) is 24.3 Å². The summed E-state index contributed by atoms with van der Waals surface area (Å²) in [5, 5.41) is 17.5. The molecule has 1 aliphatic rings. The summed E-state index contributed by atoms with van der Waals surface area (Å²) >= 11 is 0. The molecule has 1 unspecified atom stereocenters. The Labute approximate surface area is 207 Å². The zero-order valence-electron chi connectivity index (χ0n) is 20.3. The molecule has 1 aliphatic heterocycles. The smallest absolute Gasteiger partial charge is 0.259 e. The van der Waals surface area contributed by atoms with E-state index in [2.05, 4.69) is 15.6 Å². The van der Waals surface area contributed by atoms with Gasteiger partial charge >= 0.3 is 0 Å². The molecule has 0 radical (unpaired) electrons. The van der Waals surface area contributed by atoms with Crippen molar-refractivity contribution in [3.05, 3.63) is 66.0 Å². The van der Waals surface area contributed by atoms with Gasteiger partial charge in [0.25, 0.3) is 11.8 Å². The summed E-state index contributed by atoms with van der Waals surface area (Å²) in [6.45, 7) is 2.15. The van der Waals surface area contributed by atoms with Crippen molar-refractivity contribution in [3.8, 4) is 0 Å². The second-order valence-corrected chi connectivity index (χ2v) is 9.31. The molecule has 2 aromatic heterocycles. The number of nitrogens with one attached hydrogen (secondary N) is 3. The van der Waals surface area contributed by atoms with Gasteiger partial charge in [-0.3, -0.25) is 19.7 Å². The first-order valence-electron chi connectivity index (χ1n) is 11.6. The first-order chi connectivity index (χ1) is 17.2. The molecule has 0 fully saturated rings. The molecule has 36 heavy (non-hydrogen) atoms. The van der Waals surface area contributed by atoms with E-state index < -0.39 is 17.9 Å². The first-order valence-corrected chi connectivity index (χ1v) is 11.6. The summed E-state index contributed by atoms with van der Waals surface area (Å²) in [5.74, 6) is -1.13. The van der Waals surface area contributed by atoms with Gasteiger partial charge in [-0.25, -0.2) is 0 Å². The third-order valence-electron chi connectivity index (χ3n) is 6.25. The lowest BCUT2D eigenvalue weighted by molar-refractivity contribution is -0.123. The Morgan fingerprint density at radius 2 is 1.78 bits per heavy atom. The van der Waals surface area contributed by atoms with Gasteiger partial charge in [-0.15, -0.1) is 0 Å². The Hall–Kier alpha value is -4.21. The van der Waals surface area contributed by atoms with Crippen molar-refractivity contribution in [2.75, 3.05) is 26.0 Å². The maximum absolute atomic E-state index is 13.1. The van der Waals surface area contributed by atoms with Gasteiger partial charge in [0.15, 0.2) is 0 Å². The fraction of sp³-hybridized carbons (Fsp3) is 0.222. The molecular formula is C27H27N5O4. The fourth-order valence-electron chi connectivity index (χ4n) is 4.88. The number of aromatic nitrogens is 2. The number of amides is 3. The lowest BCUT2D eigenvalue weighted by atomic mass is 9.95. The van der Waals surface area contributed by atoms with E-state index in [1.54, 1.807) is 18.5 Å². The highest BCUT2D eigenvalue weighted by Crippen LogP contribution is 2.38. The van der Waals surface area contributed by atoms with E-state index in [4.69, 9.17) is 0 Å². The second-order valence-electron chi connectivity index (χ2n) is 9.31. The SMILES string of the molecule is CC(=O)Nc1ccc2c(C3=C(c4c[nH]c5ccccc45)C(=O)NC3=O)cn(CC(O)CN(C)C)c2c1. The van der Waals surface area contributed by atoms with Crippen LogP contribution in [0.3, 0.4) is 0 Å². The van der Waals surface area contributed by atoms with Crippen molar-refractivity contribution >= 4 is 56.4 Å². The Bertz CT molecular complexity index is 1560. The van der Waals surface area contributed by atoms with Gasteiger partial charge in [0.1, 0.15) is 0 Å². The van der Waals surface area contributed by atoms with Gasteiger partial charge in [-0.2, -0.15) is 0 Å². The van der Waals surface area contributed by atoms with Crippen LogP contribution in [0.2, 0.25) is 0 Å². The highest BCUT2D eigenvalue weighted by Gasteiger charge is 2.35. The van der Waals surface area contributed by atoms with Gasteiger partial charge in [0, 0.05) is 65.5 Å². The molecule has 3 heterocycles. The largest absolute Gasteiger partial charge is 0.390 e. The number of aromatic amines is 1. The number of hydrogen-bond acceptors (Lipinski definition) is 5. The van der Waals surface area contributed by atoms with E-state index in [0.717, 1.165) is 21.8 Å². The maximum Gasteiger partial charge on any atom is 0.259 e. The van der Waals surface area contributed by atoms with E-state index in [9.17, 15) is 19.5 Å². The van der Waals surface area contributed by atoms with Gasteiger partial charge in [0.05, 0.1) is 22.8 Å². The van der Waals surface area contributed by atoms with Crippen molar-refractivity contribution in [1.82, 2.24) is 19.8 Å². The van der Waals surface area contributed by atoms with Crippen LogP contribution in [-0.2, 0) is 20.9 Å². The number of carbonyl (C=O) groups excluding carboxylic acids is 3. The van der Waals surface area contributed by atoms with Crippen molar-refractivity contribution in [2.45, 2.75) is 19.6 Å². The predicted octanol–water partition coefficient (Wildman–Crippen LogP) is 2.57. The average molecular weight is 486 g/mol. The molecule has 0 saturated carbocycles. The maximum atomic E-state index is 13.1. The standard InChI is InChI=1S/C27H27N5O4/c1-15(33)29-16-8-9-19-21(14-32(23(19)10-16)13-17(34)12-31(2)3)25-24(26(35)30-27(25)36)20-11-28-22-7-5-4-6-18(20)22/h4-11,14,17,28,34H,12-13H2,1-3H3,(H,29,33)(H,30,35,36). The molecule has 2 aromatic carbocycles. The number of aliphatic hydroxyl groups excluding tert-OH is 1. The number of likely N-dealkylation sites (N-methyl/N-ethyl adjacent to an activating group) is 1. The summed E-state index contributed by atoms with van der Waals surface area (Å²) in [6.07, 6.45) is 2.87. The zero-order valence-corrected chi connectivity index (χ0v) is 20.3. The number of imide groups is 1. The molecule has 5 rings (SSSR count). The van der Waals surface area contributed by atoms with Crippen LogP contribution in [0.5, 0.6) is 0 Å². The van der Waals surface area contributed by atoms with Crippen LogP contribution in [0, 0.1) is 0 Å². The summed E-state index contributed by atoms with van der Waals surface area (Å²) in [6, 6.07) is 13.0. The van der Waals surface area contributed by atoms with E-state index in [-0.39, 0.29) is 18.0 Å². The topological polar surface area (TPSA) is 119 Å². The summed E-state index contributed by atoms with van der Waals surface area (Å²) in [4.78, 5) is 42.9. The molecule has 3 amide bonds. The monoisotopic (exact) mass is 485 g/mol. The van der Waals surface area contributed by atoms with Crippen LogP contribution in [-0.4, -0.2) is 64.0 Å². The number of nitrogens with zero attached hydrogens (tertiary/aromatic N) is 2. The minimum Gasteiger partial charge on any atom is -0.390 e. The fourth-order valence-corrected chi connectivity index (χ4v) is 4.88. The van der Waals surface area contributed by atoms with E-state index in [1.165, 1.54) is 6.92 Å². The second kappa shape index (κ2) is 9.10. The lowest BCUT2D eigenvalue weighted by Crippen LogP contribution is -2.29. The van der Waals surface area contributed by atoms with Gasteiger partial charge in [-0.05, 0) is 32.3 Å². The van der Waals surface area contributed by atoms with Crippen LogP contribution < -0.4 is 10.6 Å². The molecule has 1 atom stereocenters. The third-order valence-corrected chi connectivity index (χ3v) is 6.25. The first kappa shape index (κ1) is 23.5. The number of anilines is 1. The zero-order chi connectivity index (χ0) is 25.6. The minimum absolute atomic E-state index is 0.203. The van der Waals surface area contributed by atoms with Crippen LogP contribution in [0.1, 0.15) is 18.1 Å². The molecule has 4 aromatic rings. The molecule has 4 N–H and O–H groups in total. The molecule has 9 heteroatoms. The highest BCUT2D eigenvalue weighted by molar-refractivity contribution is 6.50. The van der Waals surface area contributed by atoms with Crippen molar-refractivity contribution in [1.29, 1.82) is 0 Å². The average Bonchev–Trinajstić information content (AvgIpc) is 3.45. The number of H-pyrrole nitrogens is 1. The molecule has 0 bridgehead atoms. The van der Waals surface area contributed by atoms with Crippen molar-refractivity contribution in [3.63, 3.8) is 0 Å². The molecule has 0 aliphatic carbocycles. The Kier molecular flexibility index (Phi) is 5.95. The van der Waals surface area contributed by atoms with Crippen LogP contribution in [0.4, 0.5) is 5.69 Å². The minimum atomic E-state index is -0.672. The van der Waals surface area contributed by atoms with E-state index >= 15 is 0 Å². The van der Waals surface area contributed by atoms with Crippen LogP contribution in [0.25, 0.3) is 33.0 Å². The number of rotatable bonds is 7. The number of fused-ring (bicyclic) bond motifs is 2. The third kappa shape index (κ3) is 4.19. The molecule has 0 spiro atoms. The summed E-state index contributed by atoms with van der Waals surface area (Å²) in [7, 11) is 3.76. The van der Waals surface area contributed by atoms with E-state index in [1.807, 2.05) is 60.0 Å². The quantitative estimate of drug-likeness (QED) is 0.300. The van der Waals surface area contributed by atoms with Gasteiger partial charge < -0.3 is 24.9 Å². The van der Waals surface area contributed by atoms with Crippen LogP contribution >= 0.6 is 0 Å². The summed E-state index contributed by atoms with van der Waals surface area (Å²) in [5.41, 5.74) is 4.00. The van der Waals surface area contributed by atoms with Crippen molar-refractivity contribution < 1.29 is 19.5 Å². The lowest BCUT2D eigenvalue weighted by Gasteiger charge is -2.17. The van der Waals surface area contributed by atoms with Crippen LogP contribution in [0.15, 0.2) is 54.9 Å². The molecule has 9 nitrogen and oxygen atoms in total. The van der Waals surface area contributed by atoms with Gasteiger partial charge in [0.2, 0.25) is 5.91 Å².